The Morgan fingerprint density at radius 1 is 1.57 bits per heavy atom. The van der Waals surface area contributed by atoms with Crippen LogP contribution in [0, 0.1) is 0 Å². The molecule has 0 aromatic carbocycles. The monoisotopic (exact) mass is 316 g/mol. The van der Waals surface area contributed by atoms with Crippen LogP contribution in [0.25, 0.3) is 0 Å². The van der Waals surface area contributed by atoms with Crippen molar-refractivity contribution in [2.45, 2.75) is 43.4 Å². The zero-order valence-electron chi connectivity index (χ0n) is 12.8. The fourth-order valence-corrected chi connectivity index (χ4v) is 3.96. The minimum atomic E-state index is -3.51. The lowest BCUT2D eigenvalue weighted by atomic mass is 10.2. The second-order valence-electron chi connectivity index (χ2n) is 5.35. The summed E-state index contributed by atoms with van der Waals surface area (Å²) in [5.41, 5.74) is 0. The van der Waals surface area contributed by atoms with Gasteiger partial charge in [0.1, 0.15) is 4.90 Å². The van der Waals surface area contributed by atoms with Crippen molar-refractivity contribution in [3.05, 3.63) is 12.4 Å². The van der Waals surface area contributed by atoms with Gasteiger partial charge in [0, 0.05) is 26.4 Å². The molecule has 0 amide bonds. The van der Waals surface area contributed by atoms with Crippen LogP contribution >= 0.6 is 0 Å². The van der Waals surface area contributed by atoms with Gasteiger partial charge in [-0.1, -0.05) is 0 Å². The van der Waals surface area contributed by atoms with Crippen molar-refractivity contribution >= 4 is 10.0 Å². The van der Waals surface area contributed by atoms with Crippen molar-refractivity contribution in [3.8, 4) is 0 Å². The van der Waals surface area contributed by atoms with Crippen LogP contribution in [0.4, 0.5) is 0 Å². The molecule has 2 heterocycles. The Morgan fingerprint density at radius 3 is 2.95 bits per heavy atom. The van der Waals surface area contributed by atoms with Gasteiger partial charge in [-0.05, 0) is 33.4 Å². The molecule has 0 radical (unpaired) electrons. The molecule has 1 aromatic heterocycles. The van der Waals surface area contributed by atoms with Gasteiger partial charge < -0.3 is 10.1 Å². The Labute approximate surface area is 126 Å². The van der Waals surface area contributed by atoms with Crippen LogP contribution in [-0.2, 0) is 21.3 Å². The number of nitrogens with zero attached hydrogens (tertiary/aromatic N) is 3. The number of ether oxygens (including phenoxy) is 1. The topological polar surface area (TPSA) is 76.5 Å². The number of aromatic nitrogens is 2. The zero-order chi connectivity index (χ0) is 15.5. The van der Waals surface area contributed by atoms with Crippen molar-refractivity contribution in [2.75, 3.05) is 27.2 Å². The number of sulfonamides is 1. The minimum Gasteiger partial charge on any atom is -0.377 e. The highest BCUT2D eigenvalue weighted by atomic mass is 32.2. The molecule has 120 valence electrons. The first kappa shape index (κ1) is 16.4. The van der Waals surface area contributed by atoms with Crippen LogP contribution in [0.3, 0.4) is 0 Å². The van der Waals surface area contributed by atoms with Crippen molar-refractivity contribution in [3.63, 3.8) is 0 Å². The molecule has 1 fully saturated rings. The SMILES string of the molecule is CNCCCn1cc(S(=O)(=O)N(C)C2CCOC2C)cn1. The summed E-state index contributed by atoms with van der Waals surface area (Å²) in [6.07, 6.45) is 4.58. The van der Waals surface area contributed by atoms with Gasteiger partial charge >= 0.3 is 0 Å². The first-order chi connectivity index (χ1) is 9.96. The molecule has 1 saturated heterocycles. The molecule has 2 rings (SSSR count). The van der Waals surface area contributed by atoms with E-state index in [1.165, 1.54) is 10.5 Å². The molecule has 0 aliphatic carbocycles. The Bertz CT molecular complexity index is 558. The summed E-state index contributed by atoms with van der Waals surface area (Å²) in [5.74, 6) is 0. The molecule has 0 spiro atoms. The number of rotatable bonds is 7. The Morgan fingerprint density at radius 2 is 2.33 bits per heavy atom. The summed E-state index contributed by atoms with van der Waals surface area (Å²) in [6.45, 7) is 4.08. The molecule has 2 unspecified atom stereocenters. The first-order valence-corrected chi connectivity index (χ1v) is 8.67. The van der Waals surface area contributed by atoms with Gasteiger partial charge in [0.15, 0.2) is 0 Å². The van der Waals surface area contributed by atoms with E-state index in [0.29, 0.717) is 13.2 Å². The van der Waals surface area contributed by atoms with Crippen molar-refractivity contribution < 1.29 is 13.2 Å². The molecule has 0 saturated carbocycles. The highest BCUT2D eigenvalue weighted by molar-refractivity contribution is 7.89. The van der Waals surface area contributed by atoms with Gasteiger partial charge in [0.05, 0.1) is 18.3 Å². The van der Waals surface area contributed by atoms with Gasteiger partial charge in [-0.25, -0.2) is 8.42 Å². The minimum absolute atomic E-state index is 0.0737. The maximum atomic E-state index is 12.6. The van der Waals surface area contributed by atoms with E-state index in [4.69, 9.17) is 4.74 Å². The van der Waals surface area contributed by atoms with E-state index in [9.17, 15) is 8.42 Å². The smallest absolute Gasteiger partial charge is 0.246 e. The number of aryl methyl sites for hydroxylation is 1. The van der Waals surface area contributed by atoms with Crippen LogP contribution in [0.2, 0.25) is 0 Å². The molecule has 2 atom stereocenters. The van der Waals surface area contributed by atoms with Crippen LogP contribution in [-0.4, -0.2) is 61.9 Å². The first-order valence-electron chi connectivity index (χ1n) is 7.23. The van der Waals surface area contributed by atoms with Gasteiger partial charge in [-0.15, -0.1) is 0 Å². The molecule has 7 nitrogen and oxygen atoms in total. The molecular formula is C13H24N4O3S. The second kappa shape index (κ2) is 6.87. The van der Waals surface area contributed by atoms with E-state index < -0.39 is 10.0 Å². The highest BCUT2D eigenvalue weighted by Gasteiger charge is 2.35. The Balaban J connectivity index is 2.08. The lowest BCUT2D eigenvalue weighted by Crippen LogP contribution is -2.40. The molecule has 8 heteroatoms. The Hall–Kier alpha value is -0.960. The third kappa shape index (κ3) is 3.63. The number of hydrogen-bond acceptors (Lipinski definition) is 5. The van der Waals surface area contributed by atoms with Crippen molar-refractivity contribution in [1.82, 2.24) is 19.4 Å². The van der Waals surface area contributed by atoms with Crippen LogP contribution < -0.4 is 5.32 Å². The van der Waals surface area contributed by atoms with E-state index in [1.807, 2.05) is 14.0 Å². The fraction of sp³-hybridized carbons (Fsp3) is 0.769. The van der Waals surface area contributed by atoms with E-state index >= 15 is 0 Å². The van der Waals surface area contributed by atoms with E-state index in [0.717, 1.165) is 19.4 Å². The molecule has 1 aliphatic heterocycles. The van der Waals surface area contributed by atoms with Crippen molar-refractivity contribution in [1.29, 1.82) is 0 Å². The average molecular weight is 316 g/mol. The van der Waals surface area contributed by atoms with E-state index in [2.05, 4.69) is 10.4 Å². The van der Waals surface area contributed by atoms with Gasteiger partial charge in [0.2, 0.25) is 10.0 Å². The summed E-state index contributed by atoms with van der Waals surface area (Å²) < 4.78 is 33.8. The molecule has 0 bridgehead atoms. The number of nitrogens with one attached hydrogen (secondary N) is 1. The lowest BCUT2D eigenvalue weighted by Gasteiger charge is -2.25. The third-order valence-corrected chi connectivity index (χ3v) is 5.74. The zero-order valence-corrected chi connectivity index (χ0v) is 13.6. The van der Waals surface area contributed by atoms with Gasteiger partial charge in [0.25, 0.3) is 0 Å². The summed E-state index contributed by atoms with van der Waals surface area (Å²) in [7, 11) is -0.00843. The summed E-state index contributed by atoms with van der Waals surface area (Å²) in [5, 5.41) is 7.19. The third-order valence-electron chi connectivity index (χ3n) is 3.90. The summed E-state index contributed by atoms with van der Waals surface area (Å²) in [4.78, 5) is 0.244. The number of hydrogen-bond donors (Lipinski definition) is 1. The molecule has 1 aliphatic rings. The van der Waals surface area contributed by atoms with Crippen LogP contribution in [0.5, 0.6) is 0 Å². The highest BCUT2D eigenvalue weighted by Crippen LogP contribution is 2.24. The van der Waals surface area contributed by atoms with Crippen LogP contribution in [0.15, 0.2) is 17.3 Å². The van der Waals surface area contributed by atoms with E-state index in [1.54, 1.807) is 17.9 Å². The maximum Gasteiger partial charge on any atom is 0.246 e. The van der Waals surface area contributed by atoms with E-state index in [-0.39, 0.29) is 17.0 Å². The standard InChI is InChI=1S/C13H24N4O3S/c1-11-13(5-8-20-11)16(3)21(18,19)12-9-15-17(10-12)7-4-6-14-2/h9-11,13-14H,4-8H2,1-3H3. The van der Waals surface area contributed by atoms with Crippen molar-refractivity contribution in [2.24, 2.45) is 0 Å². The van der Waals surface area contributed by atoms with Crippen LogP contribution in [0.1, 0.15) is 19.8 Å². The lowest BCUT2D eigenvalue weighted by molar-refractivity contribution is 0.102. The fourth-order valence-electron chi connectivity index (χ4n) is 2.56. The molecule has 21 heavy (non-hydrogen) atoms. The molecule has 1 aromatic rings. The second-order valence-corrected chi connectivity index (χ2v) is 7.35. The average Bonchev–Trinajstić information content (AvgIpc) is 3.07. The summed E-state index contributed by atoms with van der Waals surface area (Å²) in [6, 6.07) is -0.109. The molecular weight excluding hydrogens is 292 g/mol. The normalized spacial score (nSPS) is 23.0. The van der Waals surface area contributed by atoms with Gasteiger partial charge in [-0.3, -0.25) is 4.68 Å². The molecule has 1 N–H and O–H groups in total. The predicted octanol–water partition coefficient (Wildman–Crippen LogP) is 0.291. The Kier molecular flexibility index (Phi) is 5.37. The predicted molar refractivity (Wildman–Crippen MR) is 79.5 cm³/mol. The van der Waals surface area contributed by atoms with Gasteiger partial charge in [-0.2, -0.15) is 9.40 Å². The summed E-state index contributed by atoms with van der Waals surface area (Å²) >= 11 is 0. The largest absolute Gasteiger partial charge is 0.377 e. The number of likely N-dealkylation sites (N-methyl/N-ethyl adjacent to an activating group) is 1. The quantitative estimate of drug-likeness (QED) is 0.732. The maximum absolute atomic E-state index is 12.6.